The number of amides is 2. The van der Waals surface area contributed by atoms with Crippen molar-refractivity contribution in [1.82, 2.24) is 14.8 Å². The fraction of sp³-hybridized carbons (Fsp3) is 0.464. The van der Waals surface area contributed by atoms with Crippen LogP contribution < -0.4 is 4.90 Å². The van der Waals surface area contributed by atoms with Crippen molar-refractivity contribution >= 4 is 39.1 Å². The number of piperidine rings is 2. The van der Waals surface area contributed by atoms with E-state index in [1.165, 1.54) is 47.5 Å². The Morgan fingerprint density at radius 1 is 0.886 bits per heavy atom. The summed E-state index contributed by atoms with van der Waals surface area (Å²) >= 11 is 1.66. The zero-order valence-corrected chi connectivity index (χ0v) is 21.1. The van der Waals surface area contributed by atoms with E-state index in [1.54, 1.807) is 11.3 Å². The van der Waals surface area contributed by atoms with Crippen molar-refractivity contribution in [3.63, 3.8) is 0 Å². The largest absolute Gasteiger partial charge is 0.300 e. The number of aryl methyl sites for hydroxylation is 1. The van der Waals surface area contributed by atoms with Crippen molar-refractivity contribution in [3.8, 4) is 10.6 Å². The van der Waals surface area contributed by atoms with Crippen LogP contribution in [0.15, 0.2) is 42.5 Å². The van der Waals surface area contributed by atoms with Crippen molar-refractivity contribution in [2.75, 3.05) is 31.1 Å². The van der Waals surface area contributed by atoms with Crippen molar-refractivity contribution < 1.29 is 9.59 Å². The fourth-order valence-corrected chi connectivity index (χ4v) is 7.00. The first kappa shape index (κ1) is 22.8. The number of rotatable bonds is 4. The number of thiazole rings is 1. The average Bonchev–Trinajstić information content (AvgIpc) is 3.44. The van der Waals surface area contributed by atoms with Crippen LogP contribution in [0.5, 0.6) is 0 Å². The standard InChI is InChI=1S/C28H32N4O2S/c1-19-5-10-23-25(17-19)35-27(29-23)20-6-8-22(9-7-20)32-26(33)18-24(28(32)34)31-15-11-21(12-16-31)30-13-3-2-4-14-30/h5-10,17,21,24H,2-4,11-16,18H2,1H3/t24-/m0/s1. The Morgan fingerprint density at radius 3 is 2.37 bits per heavy atom. The smallest absolute Gasteiger partial charge is 0.251 e. The molecule has 6 rings (SSSR count). The first-order valence-corrected chi connectivity index (χ1v) is 13.7. The quantitative estimate of drug-likeness (QED) is 0.491. The van der Waals surface area contributed by atoms with Gasteiger partial charge in [0.1, 0.15) is 5.01 Å². The molecule has 1 aromatic heterocycles. The highest BCUT2D eigenvalue weighted by Crippen LogP contribution is 2.33. The molecule has 3 aliphatic rings. The second-order valence-electron chi connectivity index (χ2n) is 10.2. The maximum Gasteiger partial charge on any atom is 0.251 e. The van der Waals surface area contributed by atoms with Crippen molar-refractivity contribution in [2.45, 2.75) is 57.5 Å². The maximum atomic E-state index is 13.3. The van der Waals surface area contributed by atoms with Gasteiger partial charge in [-0.15, -0.1) is 11.3 Å². The van der Waals surface area contributed by atoms with Gasteiger partial charge >= 0.3 is 0 Å². The third-order valence-electron chi connectivity index (χ3n) is 7.89. The van der Waals surface area contributed by atoms with Crippen LogP contribution in [0.25, 0.3) is 20.8 Å². The summed E-state index contributed by atoms with van der Waals surface area (Å²) in [7, 11) is 0. The van der Waals surface area contributed by atoms with Gasteiger partial charge in [-0.25, -0.2) is 9.88 Å². The van der Waals surface area contributed by atoms with E-state index >= 15 is 0 Å². The zero-order valence-electron chi connectivity index (χ0n) is 20.3. The molecule has 35 heavy (non-hydrogen) atoms. The molecule has 0 saturated carbocycles. The Bertz CT molecular complexity index is 1240. The number of nitrogens with zero attached hydrogens (tertiary/aromatic N) is 4. The number of fused-ring (bicyclic) bond motifs is 1. The molecular weight excluding hydrogens is 456 g/mol. The summed E-state index contributed by atoms with van der Waals surface area (Å²) in [6.07, 6.45) is 6.44. The number of hydrogen-bond donors (Lipinski definition) is 0. The molecular formula is C28H32N4O2S. The monoisotopic (exact) mass is 488 g/mol. The van der Waals surface area contributed by atoms with Crippen molar-refractivity contribution in [2.24, 2.45) is 0 Å². The van der Waals surface area contributed by atoms with Gasteiger partial charge in [-0.2, -0.15) is 0 Å². The van der Waals surface area contributed by atoms with Crippen molar-refractivity contribution in [1.29, 1.82) is 0 Å². The molecule has 3 saturated heterocycles. The number of aromatic nitrogens is 1. The van der Waals surface area contributed by atoms with Gasteiger partial charge in [-0.05, 0) is 87.7 Å². The fourth-order valence-electron chi connectivity index (χ4n) is 5.93. The Kier molecular flexibility index (Phi) is 6.16. The average molecular weight is 489 g/mol. The molecule has 7 heteroatoms. The van der Waals surface area contributed by atoms with Crippen LogP contribution in [0, 0.1) is 6.92 Å². The molecule has 0 radical (unpaired) electrons. The summed E-state index contributed by atoms with van der Waals surface area (Å²) in [4.78, 5) is 37.3. The minimum atomic E-state index is -0.322. The second-order valence-corrected chi connectivity index (χ2v) is 11.2. The van der Waals surface area contributed by atoms with Crippen LogP contribution >= 0.6 is 11.3 Å². The second kappa shape index (κ2) is 9.45. The lowest BCUT2D eigenvalue weighted by atomic mass is 9.98. The number of likely N-dealkylation sites (tertiary alicyclic amines) is 2. The van der Waals surface area contributed by atoms with Gasteiger partial charge in [0.25, 0.3) is 5.91 Å². The molecule has 3 aromatic rings. The van der Waals surface area contributed by atoms with E-state index in [-0.39, 0.29) is 24.3 Å². The van der Waals surface area contributed by atoms with Crippen LogP contribution in [-0.4, -0.2) is 64.9 Å². The molecule has 6 nitrogen and oxygen atoms in total. The Labute approximate surface area is 210 Å². The first-order valence-electron chi connectivity index (χ1n) is 12.9. The third kappa shape index (κ3) is 4.41. The summed E-state index contributed by atoms with van der Waals surface area (Å²) in [5.41, 5.74) is 3.88. The lowest BCUT2D eigenvalue weighted by molar-refractivity contribution is -0.123. The molecule has 2 aromatic carbocycles. The zero-order chi connectivity index (χ0) is 23.9. The van der Waals surface area contributed by atoms with Gasteiger partial charge in [-0.3, -0.25) is 14.5 Å². The highest BCUT2D eigenvalue weighted by Gasteiger charge is 2.43. The molecule has 3 aliphatic heterocycles. The van der Waals surface area contributed by atoms with Crippen molar-refractivity contribution in [3.05, 3.63) is 48.0 Å². The van der Waals surface area contributed by atoms with Gasteiger partial charge < -0.3 is 4.90 Å². The first-order chi connectivity index (χ1) is 17.1. The van der Waals surface area contributed by atoms with E-state index in [1.807, 2.05) is 24.3 Å². The molecule has 2 amide bonds. The van der Waals surface area contributed by atoms with Crippen LogP contribution in [0.1, 0.15) is 44.1 Å². The van der Waals surface area contributed by atoms with E-state index in [0.717, 1.165) is 42.0 Å². The molecule has 3 fully saturated rings. The summed E-state index contributed by atoms with van der Waals surface area (Å²) in [6.45, 7) is 6.31. The minimum absolute atomic E-state index is 0.0744. The number of imide groups is 1. The van der Waals surface area contributed by atoms with Gasteiger partial charge in [0.05, 0.1) is 28.4 Å². The number of carbonyl (C=O) groups excluding carboxylic acids is 2. The summed E-state index contributed by atoms with van der Waals surface area (Å²) < 4.78 is 1.17. The predicted molar refractivity (Wildman–Crippen MR) is 141 cm³/mol. The number of anilines is 1. The van der Waals surface area contributed by atoms with E-state index in [4.69, 9.17) is 4.98 Å². The summed E-state index contributed by atoms with van der Waals surface area (Å²) in [5, 5.41) is 0.950. The number of benzene rings is 2. The van der Waals surface area contributed by atoms with E-state index in [0.29, 0.717) is 11.7 Å². The number of hydrogen-bond acceptors (Lipinski definition) is 6. The Hall–Kier alpha value is -2.61. The van der Waals surface area contributed by atoms with Crippen LogP contribution in [0.2, 0.25) is 0 Å². The minimum Gasteiger partial charge on any atom is -0.300 e. The molecule has 0 unspecified atom stereocenters. The predicted octanol–water partition coefficient (Wildman–Crippen LogP) is 4.85. The van der Waals surface area contributed by atoms with E-state index in [9.17, 15) is 9.59 Å². The highest BCUT2D eigenvalue weighted by atomic mass is 32.1. The normalized spacial score (nSPS) is 23.0. The topological polar surface area (TPSA) is 56.8 Å². The lowest BCUT2D eigenvalue weighted by Crippen LogP contribution is -2.51. The van der Waals surface area contributed by atoms with Gasteiger partial charge in [0, 0.05) is 24.7 Å². The summed E-state index contributed by atoms with van der Waals surface area (Å²) in [5.74, 6) is -0.170. The molecule has 0 spiro atoms. The highest BCUT2D eigenvalue weighted by molar-refractivity contribution is 7.21. The Balaban J connectivity index is 1.13. The molecule has 0 aliphatic carbocycles. The molecule has 1 atom stereocenters. The Morgan fingerprint density at radius 2 is 1.63 bits per heavy atom. The molecule has 4 heterocycles. The third-order valence-corrected chi connectivity index (χ3v) is 8.95. The van der Waals surface area contributed by atoms with Crippen LogP contribution in [0.3, 0.4) is 0 Å². The van der Waals surface area contributed by atoms with Crippen LogP contribution in [0.4, 0.5) is 5.69 Å². The van der Waals surface area contributed by atoms with E-state index < -0.39 is 0 Å². The van der Waals surface area contributed by atoms with E-state index in [2.05, 4.69) is 34.9 Å². The van der Waals surface area contributed by atoms with Gasteiger partial charge in [-0.1, -0.05) is 12.5 Å². The molecule has 182 valence electrons. The van der Waals surface area contributed by atoms with Gasteiger partial charge in [0.2, 0.25) is 5.91 Å². The maximum absolute atomic E-state index is 13.3. The summed E-state index contributed by atoms with van der Waals surface area (Å²) in [6, 6.07) is 14.3. The van der Waals surface area contributed by atoms with Crippen LogP contribution in [-0.2, 0) is 9.59 Å². The molecule has 0 N–H and O–H groups in total. The number of carbonyl (C=O) groups is 2. The molecule has 0 bridgehead atoms. The SMILES string of the molecule is Cc1ccc2nc(-c3ccc(N4C(=O)C[C@H](N5CCC(N6CCCCC6)CC5)C4=O)cc3)sc2c1. The lowest BCUT2D eigenvalue weighted by Gasteiger charge is -2.41. The van der Waals surface area contributed by atoms with Gasteiger partial charge in [0.15, 0.2) is 0 Å².